The van der Waals surface area contributed by atoms with Crippen molar-refractivity contribution in [2.75, 3.05) is 19.8 Å². The van der Waals surface area contributed by atoms with Gasteiger partial charge in [0, 0.05) is 18.8 Å². The van der Waals surface area contributed by atoms with E-state index in [0.717, 1.165) is 19.3 Å². The fourth-order valence-electron chi connectivity index (χ4n) is 4.48. The molecule has 0 bridgehead atoms. The van der Waals surface area contributed by atoms with Crippen molar-refractivity contribution in [2.24, 2.45) is 0 Å². The predicted molar refractivity (Wildman–Crippen MR) is 147 cm³/mol. The summed E-state index contributed by atoms with van der Waals surface area (Å²) in [5, 5.41) is 0. The number of esters is 1. The zero-order valence-corrected chi connectivity index (χ0v) is 23.4. The molecule has 0 aliphatic rings. The average molecular weight is 505 g/mol. The van der Waals surface area contributed by atoms with E-state index >= 15 is 0 Å². The maximum Gasteiger partial charge on any atom is 0.375 e. The highest BCUT2D eigenvalue weighted by Gasteiger charge is 2.50. The van der Waals surface area contributed by atoms with Gasteiger partial charge in [-0.25, -0.2) is 4.79 Å². The maximum atomic E-state index is 13.1. The third-order valence-electron chi connectivity index (χ3n) is 6.53. The molecule has 0 aliphatic carbocycles. The van der Waals surface area contributed by atoms with E-state index in [1.807, 2.05) is 6.07 Å². The Morgan fingerprint density at radius 2 is 1.03 bits per heavy atom. The number of carbonyl (C=O) groups is 2. The van der Waals surface area contributed by atoms with Crippen molar-refractivity contribution in [3.8, 4) is 0 Å². The van der Waals surface area contributed by atoms with Gasteiger partial charge in [-0.15, -0.1) is 0 Å². The van der Waals surface area contributed by atoms with Gasteiger partial charge in [0.2, 0.25) is 5.78 Å². The molecule has 1 aromatic rings. The quantitative estimate of drug-likeness (QED) is 0.0464. The van der Waals surface area contributed by atoms with Crippen LogP contribution in [0, 0.1) is 0 Å². The summed E-state index contributed by atoms with van der Waals surface area (Å²) in [6.45, 7) is 6.32. The molecule has 206 valence electrons. The van der Waals surface area contributed by atoms with Gasteiger partial charge in [0.15, 0.2) is 0 Å². The topological polar surface area (TPSA) is 61.8 Å². The van der Waals surface area contributed by atoms with Crippen molar-refractivity contribution in [1.82, 2.24) is 0 Å². The SMILES string of the molecule is CCCCCCCCCCCCCCCCCCOC(=O)C(OCC)(OCC)C(=O)c1ccccc1. The van der Waals surface area contributed by atoms with E-state index in [9.17, 15) is 9.59 Å². The Bertz CT molecular complexity index is 667. The lowest BCUT2D eigenvalue weighted by molar-refractivity contribution is -0.222. The molecular weight excluding hydrogens is 452 g/mol. The Kier molecular flexibility index (Phi) is 19.2. The molecule has 0 heterocycles. The summed E-state index contributed by atoms with van der Waals surface area (Å²) in [5.74, 6) is -3.33. The minimum absolute atomic E-state index is 0.159. The van der Waals surface area contributed by atoms with Crippen molar-refractivity contribution in [2.45, 2.75) is 129 Å². The fourth-order valence-corrected chi connectivity index (χ4v) is 4.48. The van der Waals surface area contributed by atoms with Crippen LogP contribution in [0.4, 0.5) is 0 Å². The number of Topliss-reactive ketones (excluding diaryl/α,β-unsaturated/α-hetero) is 1. The van der Waals surface area contributed by atoms with Crippen LogP contribution in [0.3, 0.4) is 0 Å². The van der Waals surface area contributed by atoms with Crippen LogP contribution >= 0.6 is 0 Å². The Morgan fingerprint density at radius 3 is 1.44 bits per heavy atom. The van der Waals surface area contributed by atoms with Gasteiger partial charge in [-0.2, -0.15) is 0 Å². The maximum absolute atomic E-state index is 13.1. The third-order valence-corrected chi connectivity index (χ3v) is 6.53. The predicted octanol–water partition coefficient (Wildman–Crippen LogP) is 8.44. The average Bonchev–Trinajstić information content (AvgIpc) is 2.90. The molecule has 5 nitrogen and oxygen atoms in total. The Balaban J connectivity index is 2.18. The van der Waals surface area contributed by atoms with Crippen LogP contribution in [0.25, 0.3) is 0 Å². The number of unbranched alkanes of at least 4 members (excludes halogenated alkanes) is 15. The van der Waals surface area contributed by atoms with Crippen LogP contribution in [0.15, 0.2) is 30.3 Å². The summed E-state index contributed by atoms with van der Waals surface area (Å²) in [4.78, 5) is 26.0. The molecule has 0 aromatic heterocycles. The van der Waals surface area contributed by atoms with Gasteiger partial charge in [-0.1, -0.05) is 134 Å². The summed E-state index contributed by atoms with van der Waals surface area (Å²) in [6.07, 6.45) is 20.6. The lowest BCUT2D eigenvalue weighted by Gasteiger charge is -2.29. The molecule has 36 heavy (non-hydrogen) atoms. The van der Waals surface area contributed by atoms with E-state index in [2.05, 4.69) is 6.92 Å². The van der Waals surface area contributed by atoms with Gasteiger partial charge in [0.05, 0.1) is 6.61 Å². The van der Waals surface area contributed by atoms with E-state index in [1.54, 1.807) is 38.1 Å². The molecule has 0 aliphatic heterocycles. The number of hydrogen-bond donors (Lipinski definition) is 0. The lowest BCUT2D eigenvalue weighted by atomic mass is 10.0. The van der Waals surface area contributed by atoms with Gasteiger partial charge in [0.1, 0.15) is 0 Å². The smallest absolute Gasteiger partial charge is 0.375 e. The Hall–Kier alpha value is -1.72. The molecule has 0 saturated heterocycles. The molecule has 0 N–H and O–H groups in total. The highest BCUT2D eigenvalue weighted by Crippen LogP contribution is 2.23. The number of ketones is 1. The first kappa shape index (κ1) is 32.3. The molecule has 1 rings (SSSR count). The van der Waals surface area contributed by atoms with Crippen LogP contribution in [-0.4, -0.2) is 37.4 Å². The molecule has 0 atom stereocenters. The molecule has 0 spiro atoms. The minimum atomic E-state index is -2.04. The Labute approximate surface area is 220 Å². The second kappa shape index (κ2) is 21.4. The summed E-state index contributed by atoms with van der Waals surface area (Å²) in [6, 6.07) is 8.61. The highest BCUT2D eigenvalue weighted by molar-refractivity contribution is 6.14. The first-order valence-electron chi connectivity index (χ1n) is 14.7. The first-order chi connectivity index (χ1) is 17.6. The van der Waals surface area contributed by atoms with Gasteiger partial charge in [-0.05, 0) is 20.3 Å². The number of carbonyl (C=O) groups excluding carboxylic acids is 2. The fraction of sp³-hybridized carbons (Fsp3) is 0.742. The molecule has 0 fully saturated rings. The number of benzene rings is 1. The molecular formula is C31H52O5. The van der Waals surface area contributed by atoms with Gasteiger partial charge in [0.25, 0.3) is 0 Å². The molecule has 0 radical (unpaired) electrons. The second-order valence-electron chi connectivity index (χ2n) is 9.62. The summed E-state index contributed by atoms with van der Waals surface area (Å²) in [5.41, 5.74) is 0.360. The van der Waals surface area contributed by atoms with Crippen LogP contribution in [-0.2, 0) is 19.0 Å². The molecule has 0 unspecified atom stereocenters. The van der Waals surface area contributed by atoms with Crippen molar-refractivity contribution in [3.05, 3.63) is 35.9 Å². The van der Waals surface area contributed by atoms with Crippen LogP contribution in [0.2, 0.25) is 0 Å². The van der Waals surface area contributed by atoms with E-state index in [0.29, 0.717) is 5.56 Å². The second-order valence-corrected chi connectivity index (χ2v) is 9.62. The normalized spacial score (nSPS) is 11.5. The van der Waals surface area contributed by atoms with Crippen molar-refractivity contribution >= 4 is 11.8 Å². The van der Waals surface area contributed by atoms with Crippen molar-refractivity contribution in [1.29, 1.82) is 0 Å². The third kappa shape index (κ3) is 13.0. The lowest BCUT2D eigenvalue weighted by Crippen LogP contribution is -2.52. The van der Waals surface area contributed by atoms with E-state index in [1.165, 1.54) is 83.5 Å². The van der Waals surface area contributed by atoms with Crippen LogP contribution < -0.4 is 0 Å². The number of rotatable bonds is 24. The Morgan fingerprint density at radius 1 is 0.611 bits per heavy atom. The van der Waals surface area contributed by atoms with Crippen LogP contribution in [0.5, 0.6) is 0 Å². The summed E-state index contributed by atoms with van der Waals surface area (Å²) in [7, 11) is 0. The summed E-state index contributed by atoms with van der Waals surface area (Å²) < 4.78 is 16.6. The monoisotopic (exact) mass is 504 g/mol. The number of hydrogen-bond acceptors (Lipinski definition) is 5. The van der Waals surface area contributed by atoms with Crippen LogP contribution in [0.1, 0.15) is 134 Å². The molecule has 0 saturated carbocycles. The highest BCUT2D eigenvalue weighted by atomic mass is 16.7. The van der Waals surface area contributed by atoms with E-state index in [-0.39, 0.29) is 19.8 Å². The largest absolute Gasteiger partial charge is 0.461 e. The number of ether oxygens (including phenoxy) is 3. The minimum Gasteiger partial charge on any atom is -0.461 e. The first-order valence-corrected chi connectivity index (χ1v) is 14.7. The zero-order valence-electron chi connectivity index (χ0n) is 23.4. The van der Waals surface area contributed by atoms with Crippen molar-refractivity contribution in [3.63, 3.8) is 0 Å². The zero-order chi connectivity index (χ0) is 26.3. The standard InChI is InChI=1S/C31H52O5/c1-4-7-8-9-10-11-12-13-14-15-16-17-18-19-20-24-27-34-30(33)31(35-5-2,36-6-3)29(32)28-25-22-21-23-26-28/h21-23,25-26H,4-20,24,27H2,1-3H3. The van der Waals surface area contributed by atoms with Crippen molar-refractivity contribution < 1.29 is 23.8 Å². The van der Waals surface area contributed by atoms with Gasteiger partial charge in [-0.3, -0.25) is 4.79 Å². The van der Waals surface area contributed by atoms with Gasteiger partial charge >= 0.3 is 11.8 Å². The molecule has 5 heteroatoms. The molecule has 1 aromatic carbocycles. The molecule has 0 amide bonds. The summed E-state index contributed by atoms with van der Waals surface area (Å²) >= 11 is 0. The van der Waals surface area contributed by atoms with E-state index in [4.69, 9.17) is 14.2 Å². The van der Waals surface area contributed by atoms with Gasteiger partial charge < -0.3 is 14.2 Å². The van der Waals surface area contributed by atoms with E-state index < -0.39 is 17.5 Å².